The summed E-state index contributed by atoms with van der Waals surface area (Å²) in [6.45, 7) is 3.42. The summed E-state index contributed by atoms with van der Waals surface area (Å²) in [4.78, 5) is 29.6. The largest absolute Gasteiger partial charge is 0.392 e. The van der Waals surface area contributed by atoms with E-state index in [1.165, 1.54) is 17.1 Å². The molecule has 1 aliphatic heterocycles. The molecule has 14 heteroatoms. The van der Waals surface area contributed by atoms with Crippen molar-refractivity contribution >= 4 is 28.8 Å². The highest BCUT2D eigenvalue weighted by molar-refractivity contribution is 5.96. The van der Waals surface area contributed by atoms with Gasteiger partial charge in [-0.2, -0.15) is 19.1 Å². The molecule has 0 spiro atoms. The van der Waals surface area contributed by atoms with Gasteiger partial charge in [-0.15, -0.1) is 0 Å². The Balaban J connectivity index is 1.29. The van der Waals surface area contributed by atoms with Crippen LogP contribution in [0.5, 0.6) is 0 Å². The van der Waals surface area contributed by atoms with Crippen molar-refractivity contribution in [2.45, 2.75) is 51.3 Å². The Morgan fingerprint density at radius 3 is 2.75 bits per heavy atom. The smallest absolute Gasteiger partial charge is 0.289 e. The van der Waals surface area contributed by atoms with Gasteiger partial charge in [0.2, 0.25) is 5.91 Å². The average molecular weight is 606 g/mol. The van der Waals surface area contributed by atoms with Crippen LogP contribution in [0.1, 0.15) is 41.9 Å². The number of aromatic nitrogens is 4. The van der Waals surface area contributed by atoms with Crippen LogP contribution in [0.2, 0.25) is 0 Å². The van der Waals surface area contributed by atoms with Gasteiger partial charge in [-0.25, -0.2) is 4.98 Å². The van der Waals surface area contributed by atoms with Gasteiger partial charge in [0.05, 0.1) is 35.8 Å². The highest BCUT2D eigenvalue weighted by Gasteiger charge is 2.33. The molecule has 12 nitrogen and oxygen atoms in total. The number of aryl methyl sites for hydroxylation is 1. The Morgan fingerprint density at radius 1 is 1.25 bits per heavy atom. The number of halogens is 2. The third-order valence-corrected chi connectivity index (χ3v) is 7.37. The van der Waals surface area contributed by atoms with E-state index in [9.17, 15) is 23.5 Å². The number of nitrogens with one attached hydrogen (secondary N) is 4. The second kappa shape index (κ2) is 12.8. The highest BCUT2D eigenvalue weighted by atomic mass is 19.3. The Labute approximate surface area is 252 Å². The minimum absolute atomic E-state index is 0.166. The Morgan fingerprint density at radius 2 is 2.05 bits per heavy atom. The normalized spacial score (nSPS) is 16.5. The van der Waals surface area contributed by atoms with Crippen molar-refractivity contribution in [2.75, 3.05) is 25.0 Å². The molecule has 230 valence electrons. The van der Waals surface area contributed by atoms with Crippen LogP contribution < -0.4 is 21.3 Å². The molecule has 1 fully saturated rings. The standard InChI is InChI=1S/C30H33F2N9O3/c1-3-18-13-19(6-7-21(18)28(43)34-9-10-35-29(44)24-14-20(42)15-36-24)38-23-5-4-11-41-25(16-37-27(23)41)22-17-40(12-8-33)39-26(22)30(2,31)32/h4-7,11,13,16-17,20,24,36,38,42H,3,9-10,12,14-15H2,1-2H3,(H,34,43)(H,35,44)/t20-,24+/m1/s1. The fourth-order valence-corrected chi connectivity index (χ4v) is 5.23. The first-order valence-electron chi connectivity index (χ1n) is 14.3. The molecular formula is C30H33F2N9O3. The van der Waals surface area contributed by atoms with Crippen molar-refractivity contribution in [3.63, 3.8) is 0 Å². The quantitative estimate of drug-likeness (QED) is 0.163. The zero-order chi connectivity index (χ0) is 31.4. The van der Waals surface area contributed by atoms with Crippen LogP contribution in [0.3, 0.4) is 0 Å². The summed E-state index contributed by atoms with van der Waals surface area (Å²) in [6, 6.07) is 10.4. The van der Waals surface area contributed by atoms with E-state index in [4.69, 9.17) is 5.26 Å². The molecule has 0 radical (unpaired) electrons. The predicted molar refractivity (Wildman–Crippen MR) is 158 cm³/mol. The molecule has 2 amide bonds. The fraction of sp³-hybridized carbons (Fsp3) is 0.367. The second-order valence-electron chi connectivity index (χ2n) is 10.6. The van der Waals surface area contributed by atoms with E-state index in [1.54, 1.807) is 28.8 Å². The molecule has 1 aromatic carbocycles. The third-order valence-electron chi connectivity index (χ3n) is 7.37. The monoisotopic (exact) mass is 605 g/mol. The summed E-state index contributed by atoms with van der Waals surface area (Å²) in [7, 11) is 0. The maximum absolute atomic E-state index is 14.4. The summed E-state index contributed by atoms with van der Waals surface area (Å²) in [5.41, 5.74) is 3.26. The van der Waals surface area contributed by atoms with E-state index in [-0.39, 0.29) is 37.0 Å². The topological polar surface area (TPSA) is 161 Å². The SMILES string of the molecule is CCc1cc(Nc2cccn3c(-c4cn(CC#N)nc4C(C)(F)F)cnc23)ccc1C(=O)NCCNC(=O)[C@@H]1C[C@@H](O)CN1. The zero-order valence-corrected chi connectivity index (χ0v) is 24.3. The number of benzene rings is 1. The number of carbonyl (C=O) groups excluding carboxylic acids is 2. The lowest BCUT2D eigenvalue weighted by molar-refractivity contribution is -0.122. The lowest BCUT2D eigenvalue weighted by Gasteiger charge is -2.14. The van der Waals surface area contributed by atoms with Crippen molar-refractivity contribution in [1.82, 2.24) is 35.1 Å². The van der Waals surface area contributed by atoms with Crippen LogP contribution in [0.4, 0.5) is 20.2 Å². The second-order valence-corrected chi connectivity index (χ2v) is 10.6. The average Bonchev–Trinajstić information content (AvgIpc) is 3.73. The van der Waals surface area contributed by atoms with Crippen LogP contribution in [-0.2, 0) is 23.7 Å². The number of β-amino-alcohol motifs (C(OH)–C–C–N with tert-alkyl or cyclic N) is 1. The molecule has 2 atom stereocenters. The molecule has 0 saturated carbocycles. The maximum Gasteiger partial charge on any atom is 0.289 e. The van der Waals surface area contributed by atoms with Gasteiger partial charge in [-0.1, -0.05) is 6.92 Å². The number of fused-ring (bicyclic) bond motifs is 1. The number of anilines is 2. The van der Waals surface area contributed by atoms with Crippen LogP contribution in [0.25, 0.3) is 16.9 Å². The number of aliphatic hydroxyl groups is 1. The van der Waals surface area contributed by atoms with Crippen molar-refractivity contribution in [3.05, 3.63) is 65.7 Å². The molecule has 0 bridgehead atoms. The van der Waals surface area contributed by atoms with Gasteiger partial charge in [0.25, 0.3) is 11.8 Å². The first-order chi connectivity index (χ1) is 21.1. The van der Waals surface area contributed by atoms with E-state index in [0.717, 1.165) is 12.5 Å². The summed E-state index contributed by atoms with van der Waals surface area (Å²) >= 11 is 0. The van der Waals surface area contributed by atoms with E-state index in [0.29, 0.717) is 47.7 Å². The van der Waals surface area contributed by atoms with Gasteiger partial charge >= 0.3 is 0 Å². The number of amides is 2. The van der Waals surface area contributed by atoms with Gasteiger partial charge < -0.3 is 26.4 Å². The minimum Gasteiger partial charge on any atom is -0.392 e. The number of hydrogen-bond donors (Lipinski definition) is 5. The molecule has 44 heavy (non-hydrogen) atoms. The Kier molecular flexibility index (Phi) is 8.88. The van der Waals surface area contributed by atoms with E-state index in [1.807, 2.05) is 25.1 Å². The Hall–Kier alpha value is -4.87. The van der Waals surface area contributed by atoms with Gasteiger partial charge in [0, 0.05) is 55.8 Å². The number of nitrogens with zero attached hydrogens (tertiary/aromatic N) is 5. The minimum atomic E-state index is -3.23. The third kappa shape index (κ3) is 6.53. The number of alkyl halides is 2. The molecule has 0 aliphatic carbocycles. The number of rotatable bonds is 11. The first kappa shape index (κ1) is 30.6. The number of aliphatic hydroxyl groups excluding tert-OH is 1. The molecule has 0 unspecified atom stereocenters. The molecular weight excluding hydrogens is 572 g/mol. The van der Waals surface area contributed by atoms with E-state index >= 15 is 0 Å². The highest BCUT2D eigenvalue weighted by Crippen LogP contribution is 2.36. The molecule has 5 rings (SSSR count). The predicted octanol–water partition coefficient (Wildman–Crippen LogP) is 2.71. The number of carbonyl (C=O) groups is 2. The lowest BCUT2D eigenvalue weighted by atomic mass is 10.0. The van der Waals surface area contributed by atoms with Crippen LogP contribution >= 0.6 is 0 Å². The molecule has 3 aromatic heterocycles. The summed E-state index contributed by atoms with van der Waals surface area (Å²) in [5, 5.41) is 34.4. The number of imidazole rings is 1. The van der Waals surface area contributed by atoms with Crippen LogP contribution in [0.15, 0.2) is 48.9 Å². The van der Waals surface area contributed by atoms with E-state index < -0.39 is 23.8 Å². The summed E-state index contributed by atoms with van der Waals surface area (Å²) < 4.78 is 31.7. The summed E-state index contributed by atoms with van der Waals surface area (Å²) in [6.07, 6.45) is 5.04. The maximum atomic E-state index is 14.4. The van der Waals surface area contributed by atoms with Gasteiger partial charge in [0.1, 0.15) is 12.2 Å². The molecule has 5 N–H and O–H groups in total. The van der Waals surface area contributed by atoms with Crippen molar-refractivity contribution in [2.24, 2.45) is 0 Å². The fourth-order valence-electron chi connectivity index (χ4n) is 5.23. The van der Waals surface area contributed by atoms with Gasteiger partial charge in [0.15, 0.2) is 5.65 Å². The van der Waals surface area contributed by atoms with E-state index in [2.05, 4.69) is 31.3 Å². The summed E-state index contributed by atoms with van der Waals surface area (Å²) in [5.74, 6) is -3.71. The van der Waals surface area contributed by atoms with Crippen molar-refractivity contribution in [3.8, 4) is 17.3 Å². The molecule has 4 heterocycles. The number of hydrogen-bond acceptors (Lipinski definition) is 8. The van der Waals surface area contributed by atoms with Gasteiger partial charge in [-0.05, 0) is 48.7 Å². The zero-order valence-electron chi connectivity index (χ0n) is 24.3. The molecule has 1 aliphatic rings. The molecule has 4 aromatic rings. The number of nitriles is 1. The van der Waals surface area contributed by atoms with Gasteiger partial charge in [-0.3, -0.25) is 18.7 Å². The van der Waals surface area contributed by atoms with Crippen molar-refractivity contribution < 1.29 is 23.5 Å². The van der Waals surface area contributed by atoms with Crippen LogP contribution in [0, 0.1) is 11.3 Å². The molecule has 1 saturated heterocycles. The number of pyridine rings is 1. The Bertz CT molecular complexity index is 1720. The van der Waals surface area contributed by atoms with Crippen LogP contribution in [-0.4, -0.2) is 67.9 Å². The first-order valence-corrected chi connectivity index (χ1v) is 14.3. The lowest BCUT2D eigenvalue weighted by Crippen LogP contribution is -2.43. The van der Waals surface area contributed by atoms with Crippen molar-refractivity contribution in [1.29, 1.82) is 5.26 Å².